The minimum atomic E-state index is -0.456. The fourth-order valence-corrected chi connectivity index (χ4v) is 1.37. The molecule has 1 aliphatic rings. The highest BCUT2D eigenvalue weighted by atomic mass is 16.6. The van der Waals surface area contributed by atoms with E-state index in [1.165, 1.54) is 4.90 Å². The van der Waals surface area contributed by atoms with Crippen molar-refractivity contribution in [2.75, 3.05) is 18.1 Å². The number of rotatable bonds is 2. The monoisotopic (exact) mass is 194 g/mol. The lowest BCUT2D eigenvalue weighted by Gasteiger charge is -2.17. The van der Waals surface area contributed by atoms with E-state index in [-0.39, 0.29) is 19.3 Å². The van der Waals surface area contributed by atoms with Gasteiger partial charge in [-0.1, -0.05) is 6.07 Å². The second-order valence-electron chi connectivity index (χ2n) is 2.97. The Kier molecular flexibility index (Phi) is 2.32. The molecule has 1 aliphatic heterocycles. The van der Waals surface area contributed by atoms with Crippen LogP contribution in [0, 0.1) is 0 Å². The number of anilines is 1. The van der Waals surface area contributed by atoms with E-state index in [0.29, 0.717) is 5.82 Å². The molecule has 2 rings (SSSR count). The maximum absolute atomic E-state index is 11.3. The maximum Gasteiger partial charge on any atom is 0.416 e. The first-order valence-electron chi connectivity index (χ1n) is 4.31. The van der Waals surface area contributed by atoms with E-state index in [4.69, 9.17) is 9.84 Å². The highest BCUT2D eigenvalue weighted by Crippen LogP contribution is 2.19. The average Bonchev–Trinajstić information content (AvgIpc) is 2.61. The van der Waals surface area contributed by atoms with Crippen LogP contribution in [0.5, 0.6) is 0 Å². The molecule has 0 spiro atoms. The van der Waals surface area contributed by atoms with Crippen LogP contribution in [-0.2, 0) is 4.74 Å². The molecule has 0 saturated carbocycles. The highest BCUT2D eigenvalue weighted by Gasteiger charge is 2.34. The zero-order chi connectivity index (χ0) is 9.97. The molecule has 5 heteroatoms. The molecule has 0 radical (unpaired) electrons. The van der Waals surface area contributed by atoms with Crippen LogP contribution < -0.4 is 4.90 Å². The summed E-state index contributed by atoms with van der Waals surface area (Å²) in [4.78, 5) is 16.7. The van der Waals surface area contributed by atoms with Crippen LogP contribution in [0.25, 0.3) is 0 Å². The third-order valence-corrected chi connectivity index (χ3v) is 2.07. The van der Waals surface area contributed by atoms with Gasteiger partial charge in [-0.25, -0.2) is 9.78 Å². The summed E-state index contributed by atoms with van der Waals surface area (Å²) in [6, 6.07) is 4.92. The summed E-state index contributed by atoms with van der Waals surface area (Å²) < 4.78 is 4.81. The summed E-state index contributed by atoms with van der Waals surface area (Å²) in [5.41, 5.74) is 0. The van der Waals surface area contributed by atoms with Crippen molar-refractivity contribution >= 4 is 11.9 Å². The first-order valence-corrected chi connectivity index (χ1v) is 4.31. The number of hydrogen-bond donors (Lipinski definition) is 1. The van der Waals surface area contributed by atoms with Crippen LogP contribution in [0.3, 0.4) is 0 Å². The molecule has 14 heavy (non-hydrogen) atoms. The third kappa shape index (κ3) is 1.42. The number of aliphatic hydroxyl groups is 1. The zero-order valence-corrected chi connectivity index (χ0v) is 7.46. The summed E-state index contributed by atoms with van der Waals surface area (Å²) >= 11 is 0. The molecule has 1 N–H and O–H groups in total. The third-order valence-electron chi connectivity index (χ3n) is 2.07. The van der Waals surface area contributed by atoms with Gasteiger partial charge in [0.1, 0.15) is 12.4 Å². The van der Waals surface area contributed by atoms with Gasteiger partial charge in [0.15, 0.2) is 0 Å². The quantitative estimate of drug-likeness (QED) is 0.740. The molecule has 2 heterocycles. The molecule has 1 fully saturated rings. The van der Waals surface area contributed by atoms with E-state index >= 15 is 0 Å². The molecule has 0 aliphatic carbocycles. The number of cyclic esters (lactones) is 1. The van der Waals surface area contributed by atoms with Gasteiger partial charge in [0.25, 0.3) is 0 Å². The van der Waals surface area contributed by atoms with Crippen molar-refractivity contribution in [3.8, 4) is 0 Å². The minimum Gasteiger partial charge on any atom is -0.447 e. The van der Waals surface area contributed by atoms with Crippen molar-refractivity contribution < 1.29 is 14.6 Å². The van der Waals surface area contributed by atoms with Gasteiger partial charge in [0.2, 0.25) is 0 Å². The summed E-state index contributed by atoms with van der Waals surface area (Å²) in [7, 11) is 0. The Bertz CT molecular complexity index is 328. The van der Waals surface area contributed by atoms with Gasteiger partial charge >= 0.3 is 6.09 Å². The molecule has 1 aromatic rings. The molecule has 1 saturated heterocycles. The largest absolute Gasteiger partial charge is 0.447 e. The Morgan fingerprint density at radius 2 is 2.50 bits per heavy atom. The van der Waals surface area contributed by atoms with Crippen LogP contribution in [0.2, 0.25) is 0 Å². The second-order valence-corrected chi connectivity index (χ2v) is 2.97. The maximum atomic E-state index is 11.3. The Balaban J connectivity index is 2.28. The Morgan fingerprint density at radius 1 is 1.64 bits per heavy atom. The van der Waals surface area contributed by atoms with E-state index in [2.05, 4.69) is 4.98 Å². The molecule has 1 atom stereocenters. The number of carbonyl (C=O) groups is 1. The van der Waals surface area contributed by atoms with Gasteiger partial charge in [-0.2, -0.15) is 0 Å². The first kappa shape index (κ1) is 8.96. The van der Waals surface area contributed by atoms with Crippen molar-refractivity contribution in [2.45, 2.75) is 6.04 Å². The molecular formula is C9H10N2O3. The number of nitrogens with zero attached hydrogens (tertiary/aromatic N) is 2. The number of ether oxygens (including phenoxy) is 1. The molecule has 0 aromatic carbocycles. The van der Waals surface area contributed by atoms with Gasteiger partial charge in [0.05, 0.1) is 12.6 Å². The van der Waals surface area contributed by atoms with Crippen LogP contribution in [0.1, 0.15) is 0 Å². The number of pyridine rings is 1. The summed E-state index contributed by atoms with van der Waals surface area (Å²) in [5.74, 6) is 0.508. The standard InChI is InChI=1S/C9H10N2O3/c12-5-7-6-14-9(13)11(7)8-3-1-2-4-10-8/h1-4,7,12H,5-6H2. The Hall–Kier alpha value is -1.62. The van der Waals surface area contributed by atoms with Crippen LogP contribution >= 0.6 is 0 Å². The lowest BCUT2D eigenvalue weighted by molar-refractivity contribution is 0.174. The van der Waals surface area contributed by atoms with Crippen molar-refractivity contribution in [2.24, 2.45) is 0 Å². The molecule has 1 aromatic heterocycles. The molecule has 1 unspecified atom stereocenters. The second kappa shape index (κ2) is 3.63. The van der Waals surface area contributed by atoms with Crippen molar-refractivity contribution in [1.29, 1.82) is 0 Å². The lowest BCUT2D eigenvalue weighted by Crippen LogP contribution is -2.36. The fourth-order valence-electron chi connectivity index (χ4n) is 1.37. The molecule has 74 valence electrons. The van der Waals surface area contributed by atoms with Crippen LogP contribution in [0.4, 0.5) is 10.6 Å². The van der Waals surface area contributed by atoms with Gasteiger partial charge in [-0.15, -0.1) is 0 Å². The average molecular weight is 194 g/mol. The number of aromatic nitrogens is 1. The minimum absolute atomic E-state index is 0.123. The van der Waals surface area contributed by atoms with Gasteiger partial charge < -0.3 is 9.84 Å². The van der Waals surface area contributed by atoms with Crippen molar-refractivity contribution in [1.82, 2.24) is 4.98 Å². The number of aliphatic hydroxyl groups excluding tert-OH is 1. The summed E-state index contributed by atoms with van der Waals surface area (Å²) in [5, 5.41) is 9.01. The SMILES string of the molecule is O=C1OCC(CO)N1c1ccccn1. The van der Waals surface area contributed by atoms with Gasteiger partial charge in [-0.05, 0) is 12.1 Å². The predicted molar refractivity (Wildman–Crippen MR) is 48.9 cm³/mol. The Morgan fingerprint density at radius 3 is 3.14 bits per heavy atom. The molecule has 1 amide bonds. The smallest absolute Gasteiger partial charge is 0.416 e. The van der Waals surface area contributed by atoms with Crippen molar-refractivity contribution in [3.63, 3.8) is 0 Å². The van der Waals surface area contributed by atoms with Crippen molar-refractivity contribution in [3.05, 3.63) is 24.4 Å². The summed E-state index contributed by atoms with van der Waals surface area (Å²) in [6.07, 6.45) is 1.14. The van der Waals surface area contributed by atoms with Gasteiger partial charge in [-0.3, -0.25) is 4.90 Å². The first-order chi connectivity index (χ1) is 6.83. The normalized spacial score (nSPS) is 21.1. The Labute approximate surface area is 80.9 Å². The van der Waals surface area contributed by atoms with E-state index in [1.807, 2.05) is 0 Å². The molecule has 0 bridgehead atoms. The summed E-state index contributed by atoms with van der Waals surface area (Å²) in [6.45, 7) is 0.0915. The van der Waals surface area contributed by atoms with Gasteiger partial charge in [0, 0.05) is 6.20 Å². The lowest BCUT2D eigenvalue weighted by atomic mass is 10.3. The number of carbonyl (C=O) groups excluding carboxylic acids is 1. The highest BCUT2D eigenvalue weighted by molar-refractivity contribution is 5.89. The predicted octanol–water partition coefficient (Wildman–Crippen LogP) is 0.399. The number of hydrogen-bond acceptors (Lipinski definition) is 4. The fraction of sp³-hybridized carbons (Fsp3) is 0.333. The van der Waals surface area contributed by atoms with E-state index < -0.39 is 6.09 Å². The van der Waals surface area contributed by atoms with E-state index in [0.717, 1.165) is 0 Å². The molecular weight excluding hydrogens is 184 g/mol. The van der Waals surface area contributed by atoms with E-state index in [9.17, 15) is 4.79 Å². The number of amides is 1. The van der Waals surface area contributed by atoms with E-state index in [1.54, 1.807) is 24.4 Å². The van der Waals surface area contributed by atoms with Crippen LogP contribution in [-0.4, -0.2) is 35.4 Å². The zero-order valence-electron chi connectivity index (χ0n) is 7.46. The topological polar surface area (TPSA) is 62.7 Å². The van der Waals surface area contributed by atoms with Crippen LogP contribution in [0.15, 0.2) is 24.4 Å². The molecule has 5 nitrogen and oxygen atoms in total.